The van der Waals surface area contributed by atoms with E-state index in [1.807, 2.05) is 54.6 Å². The number of halogens is 2. The quantitative estimate of drug-likeness (QED) is 0.194. The van der Waals surface area contributed by atoms with Gasteiger partial charge in [-0.1, -0.05) is 53.5 Å². The smallest absolute Gasteiger partial charge is 0.407 e. The van der Waals surface area contributed by atoms with Crippen LogP contribution in [0.5, 0.6) is 0 Å². The number of hydrogen-bond acceptors (Lipinski definition) is 4. The molecule has 0 bridgehead atoms. The standard InChI is InChI=1S/C30H29Cl2N3O4/c1-2-39-27(36)18-35-26-12-7-22(17-25(26)29(33-35)21-13-15-34(16-14-21)30(37)38)28(19-3-8-23(31)9-4-19)20-5-10-24(32)11-6-20/h3-12,17,21,28H,2,13-16,18H2,1H3,(H,37,38). The summed E-state index contributed by atoms with van der Waals surface area (Å²) < 4.78 is 6.90. The third-order valence-corrected chi connectivity index (χ3v) is 7.78. The molecule has 0 unspecified atom stereocenters. The van der Waals surface area contributed by atoms with E-state index in [1.165, 1.54) is 4.90 Å². The lowest BCUT2D eigenvalue weighted by Crippen LogP contribution is -2.36. The minimum absolute atomic E-state index is 0.00938. The summed E-state index contributed by atoms with van der Waals surface area (Å²) in [5.41, 5.74) is 4.94. The number of carbonyl (C=O) groups is 2. The fraction of sp³-hybridized carbons (Fsp3) is 0.300. The average molecular weight is 566 g/mol. The van der Waals surface area contributed by atoms with Gasteiger partial charge in [-0.3, -0.25) is 9.48 Å². The summed E-state index contributed by atoms with van der Waals surface area (Å²) in [5, 5.41) is 16.6. The summed E-state index contributed by atoms with van der Waals surface area (Å²) in [6.45, 7) is 2.98. The summed E-state index contributed by atoms with van der Waals surface area (Å²) in [6, 6.07) is 21.9. The van der Waals surface area contributed by atoms with Crippen LogP contribution in [0.25, 0.3) is 10.9 Å². The molecule has 7 nitrogen and oxygen atoms in total. The Balaban J connectivity index is 1.61. The van der Waals surface area contributed by atoms with Gasteiger partial charge in [-0.15, -0.1) is 0 Å². The van der Waals surface area contributed by atoms with E-state index in [2.05, 4.69) is 12.1 Å². The summed E-state index contributed by atoms with van der Waals surface area (Å²) >= 11 is 12.4. The van der Waals surface area contributed by atoms with Gasteiger partial charge < -0.3 is 14.7 Å². The second-order valence-corrected chi connectivity index (χ2v) is 10.6. The van der Waals surface area contributed by atoms with Crippen LogP contribution < -0.4 is 0 Å². The van der Waals surface area contributed by atoms with Crippen molar-refractivity contribution in [2.75, 3.05) is 19.7 Å². The maximum atomic E-state index is 12.4. The van der Waals surface area contributed by atoms with Crippen molar-refractivity contribution in [3.05, 3.63) is 99.2 Å². The van der Waals surface area contributed by atoms with Crippen LogP contribution >= 0.6 is 23.2 Å². The molecule has 39 heavy (non-hydrogen) atoms. The van der Waals surface area contributed by atoms with Crippen LogP contribution in [0.1, 0.15) is 54.0 Å². The molecule has 1 aromatic heterocycles. The molecule has 0 saturated carbocycles. The molecule has 1 aliphatic heterocycles. The first-order valence-electron chi connectivity index (χ1n) is 13.0. The lowest BCUT2D eigenvalue weighted by molar-refractivity contribution is -0.143. The van der Waals surface area contributed by atoms with E-state index in [-0.39, 0.29) is 24.3 Å². The molecule has 9 heteroatoms. The second kappa shape index (κ2) is 11.7. The molecule has 1 N–H and O–H groups in total. The van der Waals surface area contributed by atoms with Crippen molar-refractivity contribution in [3.63, 3.8) is 0 Å². The average Bonchev–Trinajstić information content (AvgIpc) is 3.28. The first kappa shape index (κ1) is 27.0. The zero-order chi connectivity index (χ0) is 27.5. The van der Waals surface area contributed by atoms with E-state index in [1.54, 1.807) is 11.6 Å². The fourth-order valence-corrected chi connectivity index (χ4v) is 5.64. The fourth-order valence-electron chi connectivity index (χ4n) is 5.38. The number of amides is 1. The van der Waals surface area contributed by atoms with Gasteiger partial charge in [0, 0.05) is 40.4 Å². The van der Waals surface area contributed by atoms with Crippen molar-refractivity contribution in [2.24, 2.45) is 0 Å². The molecule has 2 heterocycles. The number of hydrogen-bond donors (Lipinski definition) is 1. The van der Waals surface area contributed by atoms with E-state index in [0.717, 1.165) is 33.3 Å². The number of ether oxygens (including phenoxy) is 1. The predicted octanol–water partition coefficient (Wildman–Crippen LogP) is 6.94. The monoisotopic (exact) mass is 565 g/mol. The van der Waals surface area contributed by atoms with Gasteiger partial charge in [-0.2, -0.15) is 5.10 Å². The summed E-state index contributed by atoms with van der Waals surface area (Å²) in [6.07, 6.45) is 0.432. The van der Waals surface area contributed by atoms with E-state index in [0.29, 0.717) is 42.6 Å². The van der Waals surface area contributed by atoms with Crippen molar-refractivity contribution in [1.82, 2.24) is 14.7 Å². The van der Waals surface area contributed by atoms with Crippen LogP contribution in [0, 0.1) is 0 Å². The molecule has 1 fully saturated rings. The topological polar surface area (TPSA) is 84.7 Å². The third-order valence-electron chi connectivity index (χ3n) is 7.28. The van der Waals surface area contributed by atoms with Gasteiger partial charge in [0.15, 0.2) is 0 Å². The molecule has 1 saturated heterocycles. The van der Waals surface area contributed by atoms with Crippen LogP contribution in [0.4, 0.5) is 4.79 Å². The highest BCUT2D eigenvalue weighted by Crippen LogP contribution is 2.38. The van der Waals surface area contributed by atoms with Crippen LogP contribution in [0.15, 0.2) is 66.7 Å². The Labute approximate surface area is 236 Å². The molecule has 1 aliphatic rings. The van der Waals surface area contributed by atoms with Gasteiger partial charge in [0.25, 0.3) is 0 Å². The Kier molecular flexibility index (Phi) is 8.10. The van der Waals surface area contributed by atoms with Gasteiger partial charge in [-0.05, 0) is 72.9 Å². The number of benzene rings is 3. The Morgan fingerprint density at radius 2 is 1.51 bits per heavy atom. The highest BCUT2D eigenvalue weighted by atomic mass is 35.5. The van der Waals surface area contributed by atoms with Gasteiger partial charge >= 0.3 is 12.1 Å². The number of nitrogens with zero attached hydrogens (tertiary/aromatic N) is 3. The predicted molar refractivity (Wildman–Crippen MR) is 152 cm³/mol. The van der Waals surface area contributed by atoms with Gasteiger partial charge in [0.2, 0.25) is 0 Å². The molecule has 0 atom stereocenters. The molecule has 0 radical (unpaired) electrons. The minimum atomic E-state index is -0.901. The molecule has 202 valence electrons. The van der Waals surface area contributed by atoms with Crippen molar-refractivity contribution in [3.8, 4) is 0 Å². The first-order valence-corrected chi connectivity index (χ1v) is 13.7. The lowest BCUT2D eigenvalue weighted by atomic mass is 9.84. The zero-order valence-corrected chi connectivity index (χ0v) is 23.0. The van der Waals surface area contributed by atoms with Crippen molar-refractivity contribution in [1.29, 1.82) is 0 Å². The highest BCUT2D eigenvalue weighted by Gasteiger charge is 2.28. The lowest BCUT2D eigenvalue weighted by Gasteiger charge is -2.29. The van der Waals surface area contributed by atoms with Gasteiger partial charge in [-0.25, -0.2) is 4.79 Å². The number of rotatable bonds is 7. The molecule has 5 rings (SSSR count). The largest absolute Gasteiger partial charge is 0.465 e. The molecule has 3 aromatic carbocycles. The Morgan fingerprint density at radius 3 is 2.05 bits per heavy atom. The third kappa shape index (κ3) is 5.89. The van der Waals surface area contributed by atoms with E-state index < -0.39 is 6.09 Å². The molecular formula is C30H29Cl2N3O4. The second-order valence-electron chi connectivity index (χ2n) is 9.70. The van der Waals surface area contributed by atoms with E-state index in [4.69, 9.17) is 33.0 Å². The van der Waals surface area contributed by atoms with Crippen molar-refractivity contribution in [2.45, 2.75) is 38.1 Å². The minimum Gasteiger partial charge on any atom is -0.465 e. The molecule has 0 aliphatic carbocycles. The molecular weight excluding hydrogens is 537 g/mol. The number of carboxylic acid groups (broad SMARTS) is 1. The van der Waals surface area contributed by atoms with Crippen LogP contribution in [0.3, 0.4) is 0 Å². The SMILES string of the molecule is CCOC(=O)Cn1nc(C2CCN(C(=O)O)CC2)c2cc(C(c3ccc(Cl)cc3)c3ccc(Cl)cc3)ccc21. The number of piperidine rings is 1. The normalized spacial score (nSPS) is 14.2. The summed E-state index contributed by atoms with van der Waals surface area (Å²) in [7, 11) is 0. The number of aromatic nitrogens is 2. The highest BCUT2D eigenvalue weighted by molar-refractivity contribution is 6.30. The van der Waals surface area contributed by atoms with Crippen LogP contribution in [0.2, 0.25) is 10.0 Å². The zero-order valence-electron chi connectivity index (χ0n) is 21.5. The Bertz CT molecular complexity index is 1430. The maximum absolute atomic E-state index is 12.4. The van der Waals surface area contributed by atoms with Gasteiger partial charge in [0.1, 0.15) is 6.54 Å². The van der Waals surface area contributed by atoms with E-state index in [9.17, 15) is 14.7 Å². The summed E-state index contributed by atoms with van der Waals surface area (Å²) in [4.78, 5) is 25.3. The number of fused-ring (bicyclic) bond motifs is 1. The Morgan fingerprint density at radius 1 is 0.949 bits per heavy atom. The van der Waals surface area contributed by atoms with E-state index >= 15 is 0 Å². The maximum Gasteiger partial charge on any atom is 0.407 e. The number of esters is 1. The van der Waals surface area contributed by atoms with Crippen molar-refractivity contribution < 1.29 is 19.4 Å². The Hall–Kier alpha value is -3.55. The number of carbonyl (C=O) groups excluding carboxylic acids is 1. The number of likely N-dealkylation sites (tertiary alicyclic amines) is 1. The van der Waals surface area contributed by atoms with Gasteiger partial charge in [0.05, 0.1) is 17.8 Å². The van der Waals surface area contributed by atoms with Crippen molar-refractivity contribution >= 4 is 46.2 Å². The van der Waals surface area contributed by atoms with Crippen LogP contribution in [-0.2, 0) is 16.1 Å². The summed E-state index contributed by atoms with van der Waals surface area (Å²) in [5.74, 6) is -0.358. The molecule has 0 spiro atoms. The molecule has 4 aromatic rings. The first-order chi connectivity index (χ1) is 18.8. The van der Waals surface area contributed by atoms with Crippen LogP contribution in [-0.4, -0.2) is 51.5 Å². The molecule has 1 amide bonds.